The molecule has 8 nitrogen and oxygen atoms in total. The van der Waals surface area contributed by atoms with E-state index in [0.717, 1.165) is 50.7 Å². The molecule has 1 aromatic rings. The number of guanidine groups is 1. The van der Waals surface area contributed by atoms with Gasteiger partial charge >= 0.3 is 6.09 Å². The third-order valence-electron chi connectivity index (χ3n) is 5.20. The molecule has 0 aromatic carbocycles. The molecule has 1 saturated carbocycles. The fourth-order valence-corrected chi connectivity index (χ4v) is 3.56. The molecule has 1 saturated heterocycles. The van der Waals surface area contributed by atoms with Crippen molar-refractivity contribution < 1.29 is 14.1 Å². The fourth-order valence-electron chi connectivity index (χ4n) is 3.56. The molecule has 0 atom stereocenters. The number of hydrogen-bond donors (Lipinski definition) is 1. The maximum absolute atomic E-state index is 12.8. The van der Waals surface area contributed by atoms with Crippen molar-refractivity contribution in [3.63, 3.8) is 0 Å². The average Bonchev–Trinajstić information content (AvgIpc) is 3.34. The number of nitrogens with one attached hydrogen (secondary N) is 1. The van der Waals surface area contributed by atoms with Gasteiger partial charge in [0.15, 0.2) is 5.96 Å². The zero-order valence-corrected chi connectivity index (χ0v) is 20.9. The lowest BCUT2D eigenvalue weighted by atomic mass is 10.0. The van der Waals surface area contributed by atoms with Crippen LogP contribution in [0.4, 0.5) is 4.79 Å². The second-order valence-corrected chi connectivity index (χ2v) is 8.96. The molecule has 30 heavy (non-hydrogen) atoms. The van der Waals surface area contributed by atoms with Crippen LogP contribution in [0.1, 0.15) is 59.1 Å². The summed E-state index contributed by atoms with van der Waals surface area (Å²) < 4.78 is 10.6. The Kier molecular flexibility index (Phi) is 9.24. The van der Waals surface area contributed by atoms with Gasteiger partial charge in [-0.1, -0.05) is 5.16 Å². The van der Waals surface area contributed by atoms with E-state index in [1.807, 2.05) is 31.7 Å². The number of halogens is 1. The summed E-state index contributed by atoms with van der Waals surface area (Å²) in [6.45, 7) is 11.7. The molecule has 170 valence electrons. The molecule has 1 aromatic heterocycles. The highest BCUT2D eigenvalue weighted by atomic mass is 127. The van der Waals surface area contributed by atoms with Crippen molar-refractivity contribution in [3.05, 3.63) is 18.0 Å². The van der Waals surface area contributed by atoms with Gasteiger partial charge in [-0.2, -0.15) is 0 Å². The largest absolute Gasteiger partial charge is 0.444 e. The third kappa shape index (κ3) is 7.63. The van der Waals surface area contributed by atoms with E-state index < -0.39 is 5.60 Å². The van der Waals surface area contributed by atoms with Crippen LogP contribution in [0.3, 0.4) is 0 Å². The van der Waals surface area contributed by atoms with Gasteiger partial charge in [-0.25, -0.2) is 9.79 Å². The van der Waals surface area contributed by atoms with Gasteiger partial charge in [0.2, 0.25) is 0 Å². The highest BCUT2D eigenvalue weighted by Crippen LogP contribution is 2.32. The molecule has 0 radical (unpaired) electrons. The third-order valence-corrected chi connectivity index (χ3v) is 5.20. The summed E-state index contributed by atoms with van der Waals surface area (Å²) in [6, 6.07) is 2.05. The number of nitrogens with zero attached hydrogens (tertiary/aromatic N) is 4. The van der Waals surface area contributed by atoms with Crippen molar-refractivity contribution in [1.29, 1.82) is 0 Å². The normalized spacial score (nSPS) is 18.0. The second-order valence-electron chi connectivity index (χ2n) is 8.96. The summed E-state index contributed by atoms with van der Waals surface area (Å²) in [5.41, 5.74) is 0.349. The number of piperidine rings is 1. The van der Waals surface area contributed by atoms with Crippen LogP contribution in [0.5, 0.6) is 0 Å². The van der Waals surface area contributed by atoms with Crippen molar-refractivity contribution in [2.45, 2.75) is 71.6 Å². The number of carbonyl (C=O) groups is 1. The minimum absolute atomic E-state index is 0. The Hall–Kier alpha value is -1.52. The van der Waals surface area contributed by atoms with Crippen molar-refractivity contribution in [3.8, 4) is 0 Å². The maximum atomic E-state index is 12.8. The van der Waals surface area contributed by atoms with Gasteiger partial charge in [0, 0.05) is 38.3 Å². The smallest absolute Gasteiger partial charge is 0.410 e. The average molecular weight is 533 g/mol. The molecule has 0 bridgehead atoms. The van der Waals surface area contributed by atoms with Crippen LogP contribution >= 0.6 is 24.0 Å². The first-order chi connectivity index (χ1) is 13.9. The SMILES string of the molecule is CCNC(=NCc1ccon1)N1CCC(N(CC2CC2)C(=O)OC(C)(C)C)CC1.I. The van der Waals surface area contributed by atoms with E-state index in [2.05, 4.69) is 22.3 Å². The summed E-state index contributed by atoms with van der Waals surface area (Å²) in [5.74, 6) is 1.53. The van der Waals surface area contributed by atoms with E-state index in [4.69, 9.17) is 14.3 Å². The predicted octanol–water partition coefficient (Wildman–Crippen LogP) is 3.87. The molecule has 3 rings (SSSR count). The number of aromatic nitrogens is 1. The Morgan fingerprint density at radius 3 is 2.57 bits per heavy atom. The molecule has 1 aliphatic carbocycles. The zero-order valence-electron chi connectivity index (χ0n) is 18.6. The molecule has 0 unspecified atom stereocenters. The molecule has 9 heteroatoms. The van der Waals surface area contributed by atoms with Gasteiger partial charge in [0.1, 0.15) is 17.6 Å². The van der Waals surface area contributed by atoms with Crippen molar-refractivity contribution in [1.82, 2.24) is 20.3 Å². The molecule has 0 spiro atoms. The van der Waals surface area contributed by atoms with E-state index in [9.17, 15) is 4.79 Å². The number of aliphatic imine (C=N–C) groups is 1. The first-order valence-electron chi connectivity index (χ1n) is 10.8. The number of ether oxygens (including phenoxy) is 1. The summed E-state index contributed by atoms with van der Waals surface area (Å²) in [7, 11) is 0. The van der Waals surface area contributed by atoms with Crippen molar-refractivity contribution >= 4 is 36.0 Å². The van der Waals surface area contributed by atoms with Crippen molar-refractivity contribution in [2.75, 3.05) is 26.2 Å². The van der Waals surface area contributed by atoms with Crippen LogP contribution in [-0.4, -0.2) is 64.8 Å². The lowest BCUT2D eigenvalue weighted by molar-refractivity contribution is 0.00928. The molecular weight excluding hydrogens is 497 g/mol. The highest BCUT2D eigenvalue weighted by Gasteiger charge is 2.35. The maximum Gasteiger partial charge on any atom is 0.410 e. The topological polar surface area (TPSA) is 83.2 Å². The van der Waals surface area contributed by atoms with Crippen LogP contribution in [0.15, 0.2) is 21.8 Å². The number of amides is 1. The van der Waals surface area contributed by atoms with Crippen LogP contribution in [0, 0.1) is 5.92 Å². The fraction of sp³-hybridized carbons (Fsp3) is 0.762. The lowest BCUT2D eigenvalue weighted by Gasteiger charge is -2.40. The van der Waals surface area contributed by atoms with Crippen LogP contribution in [0.2, 0.25) is 0 Å². The Labute approximate surface area is 196 Å². The Morgan fingerprint density at radius 2 is 2.03 bits per heavy atom. The van der Waals surface area contributed by atoms with Crippen LogP contribution in [0.25, 0.3) is 0 Å². The minimum atomic E-state index is -0.467. The molecule has 1 amide bonds. The second kappa shape index (κ2) is 11.2. The summed E-state index contributed by atoms with van der Waals surface area (Å²) >= 11 is 0. The van der Waals surface area contributed by atoms with Gasteiger partial charge in [0.05, 0.1) is 6.54 Å². The van der Waals surface area contributed by atoms with Gasteiger partial charge < -0.3 is 24.4 Å². The van der Waals surface area contributed by atoms with E-state index in [-0.39, 0.29) is 36.1 Å². The van der Waals surface area contributed by atoms with Crippen LogP contribution < -0.4 is 5.32 Å². The Morgan fingerprint density at radius 1 is 1.33 bits per heavy atom. The molecule has 2 heterocycles. The summed E-state index contributed by atoms with van der Waals surface area (Å²) in [4.78, 5) is 21.8. The van der Waals surface area contributed by atoms with E-state index >= 15 is 0 Å². The standard InChI is InChI=1S/C21H35N5O3.HI/c1-5-22-19(23-14-17-10-13-28-24-17)25-11-8-18(9-12-25)26(15-16-6-7-16)20(27)29-21(2,3)4;/h10,13,16,18H,5-9,11-12,14-15H2,1-4H3,(H,22,23);1H. The number of rotatable bonds is 6. The lowest BCUT2D eigenvalue weighted by Crippen LogP contribution is -2.52. The molecule has 1 aliphatic heterocycles. The zero-order chi connectivity index (χ0) is 20.9. The Bertz CT molecular complexity index is 677. The van der Waals surface area contributed by atoms with Gasteiger partial charge in [0.25, 0.3) is 0 Å². The molecule has 2 fully saturated rings. The molecule has 1 N–H and O–H groups in total. The van der Waals surface area contributed by atoms with Gasteiger partial charge in [-0.3, -0.25) is 0 Å². The molecule has 2 aliphatic rings. The first kappa shape index (κ1) is 24.7. The van der Waals surface area contributed by atoms with Crippen molar-refractivity contribution in [2.24, 2.45) is 10.9 Å². The predicted molar refractivity (Wildman–Crippen MR) is 127 cm³/mol. The van der Waals surface area contributed by atoms with E-state index in [0.29, 0.717) is 12.5 Å². The first-order valence-corrected chi connectivity index (χ1v) is 10.8. The van der Waals surface area contributed by atoms with Crippen LogP contribution in [-0.2, 0) is 11.3 Å². The quantitative estimate of drug-likeness (QED) is 0.340. The monoisotopic (exact) mass is 533 g/mol. The Balaban J connectivity index is 0.00000320. The van der Waals surface area contributed by atoms with E-state index in [1.54, 1.807) is 6.26 Å². The van der Waals surface area contributed by atoms with E-state index in [1.165, 1.54) is 12.8 Å². The highest BCUT2D eigenvalue weighted by molar-refractivity contribution is 14.0. The summed E-state index contributed by atoms with van der Waals surface area (Å²) in [5, 5.41) is 7.29. The van der Waals surface area contributed by atoms with Gasteiger partial charge in [-0.05, 0) is 59.3 Å². The van der Waals surface area contributed by atoms with Gasteiger partial charge in [-0.15, -0.1) is 24.0 Å². The summed E-state index contributed by atoms with van der Waals surface area (Å²) in [6.07, 6.45) is 5.67. The number of hydrogen-bond acceptors (Lipinski definition) is 5. The number of likely N-dealkylation sites (tertiary alicyclic amines) is 1. The number of carbonyl (C=O) groups excluding carboxylic acids is 1. The molecular formula is C21H36IN5O3. The minimum Gasteiger partial charge on any atom is -0.444 e.